The van der Waals surface area contributed by atoms with Crippen molar-refractivity contribution in [3.63, 3.8) is 0 Å². The average Bonchev–Trinajstić information content (AvgIpc) is 2.38. The Bertz CT molecular complexity index is 476. The minimum atomic E-state index is -0.0547. The molecule has 0 unspecified atom stereocenters. The highest BCUT2D eigenvalue weighted by Crippen LogP contribution is 2.13. The molecule has 0 atom stereocenters. The SMILES string of the molecule is CC(C)CN(CCC(N)=S)CC(=O)Nc1ccc(Cl)cc1. The molecule has 6 heteroatoms. The van der Waals surface area contributed by atoms with Gasteiger partial charge in [-0.2, -0.15) is 0 Å². The van der Waals surface area contributed by atoms with Gasteiger partial charge in [0.1, 0.15) is 0 Å². The molecule has 0 fully saturated rings. The number of hydrogen-bond donors (Lipinski definition) is 2. The molecule has 0 aliphatic heterocycles. The molecule has 1 aromatic carbocycles. The Balaban J connectivity index is 2.53. The molecule has 1 rings (SSSR count). The lowest BCUT2D eigenvalue weighted by Crippen LogP contribution is -2.37. The van der Waals surface area contributed by atoms with Crippen LogP contribution in [0.25, 0.3) is 0 Å². The summed E-state index contributed by atoms with van der Waals surface area (Å²) in [6.45, 7) is 6.08. The molecule has 0 aromatic heterocycles. The molecule has 0 saturated heterocycles. The van der Waals surface area contributed by atoms with Crippen molar-refractivity contribution in [1.82, 2.24) is 4.90 Å². The third-order valence-electron chi connectivity index (χ3n) is 2.79. The highest BCUT2D eigenvalue weighted by Gasteiger charge is 2.12. The quantitative estimate of drug-likeness (QED) is 0.721. The van der Waals surface area contributed by atoms with Crippen LogP contribution in [0.1, 0.15) is 20.3 Å². The van der Waals surface area contributed by atoms with Crippen molar-refractivity contribution in [1.29, 1.82) is 0 Å². The van der Waals surface area contributed by atoms with E-state index < -0.39 is 0 Å². The first-order chi connectivity index (χ1) is 9.86. The van der Waals surface area contributed by atoms with E-state index in [1.165, 1.54) is 0 Å². The lowest BCUT2D eigenvalue weighted by Gasteiger charge is -2.23. The number of nitrogens with two attached hydrogens (primary N) is 1. The fourth-order valence-electron chi connectivity index (χ4n) is 1.96. The van der Waals surface area contributed by atoms with Crippen LogP contribution in [0.5, 0.6) is 0 Å². The van der Waals surface area contributed by atoms with Crippen LogP contribution in [-0.2, 0) is 4.79 Å². The molecule has 0 aliphatic carbocycles. The van der Waals surface area contributed by atoms with Crippen molar-refractivity contribution in [3.05, 3.63) is 29.3 Å². The Labute approximate surface area is 136 Å². The van der Waals surface area contributed by atoms with Crippen molar-refractivity contribution in [2.75, 3.05) is 25.0 Å². The molecule has 0 saturated carbocycles. The summed E-state index contributed by atoms with van der Waals surface area (Å²) >= 11 is 10.7. The van der Waals surface area contributed by atoms with E-state index in [1.807, 2.05) is 0 Å². The van der Waals surface area contributed by atoms with E-state index in [2.05, 4.69) is 24.1 Å². The molecule has 116 valence electrons. The van der Waals surface area contributed by atoms with Gasteiger partial charge in [0.15, 0.2) is 0 Å². The number of nitrogens with one attached hydrogen (secondary N) is 1. The van der Waals surface area contributed by atoms with Crippen molar-refractivity contribution >= 4 is 40.4 Å². The summed E-state index contributed by atoms with van der Waals surface area (Å²) in [6, 6.07) is 7.05. The maximum absolute atomic E-state index is 12.1. The van der Waals surface area contributed by atoms with Crippen LogP contribution in [0, 0.1) is 5.92 Å². The van der Waals surface area contributed by atoms with Crippen molar-refractivity contribution in [3.8, 4) is 0 Å². The molecule has 1 aromatic rings. The number of anilines is 1. The highest BCUT2D eigenvalue weighted by atomic mass is 35.5. The molecule has 3 N–H and O–H groups in total. The van der Waals surface area contributed by atoms with Gasteiger partial charge in [0.2, 0.25) is 5.91 Å². The van der Waals surface area contributed by atoms with Gasteiger partial charge in [0, 0.05) is 30.2 Å². The summed E-state index contributed by atoms with van der Waals surface area (Å²) < 4.78 is 0. The number of carbonyl (C=O) groups excluding carboxylic acids is 1. The minimum Gasteiger partial charge on any atom is -0.393 e. The third kappa shape index (κ3) is 7.99. The van der Waals surface area contributed by atoms with Crippen LogP contribution in [0.3, 0.4) is 0 Å². The zero-order valence-corrected chi connectivity index (χ0v) is 14.0. The zero-order chi connectivity index (χ0) is 15.8. The van der Waals surface area contributed by atoms with E-state index in [0.717, 1.165) is 12.2 Å². The zero-order valence-electron chi connectivity index (χ0n) is 12.4. The van der Waals surface area contributed by atoms with Crippen LogP contribution in [-0.4, -0.2) is 35.4 Å². The predicted molar refractivity (Wildman–Crippen MR) is 92.8 cm³/mol. The largest absolute Gasteiger partial charge is 0.393 e. The van der Waals surface area contributed by atoms with Gasteiger partial charge >= 0.3 is 0 Å². The smallest absolute Gasteiger partial charge is 0.238 e. The van der Waals surface area contributed by atoms with Crippen molar-refractivity contribution in [2.24, 2.45) is 11.7 Å². The monoisotopic (exact) mass is 327 g/mol. The summed E-state index contributed by atoms with van der Waals surface area (Å²) in [6.07, 6.45) is 0.621. The summed E-state index contributed by atoms with van der Waals surface area (Å²) in [5, 5.41) is 3.50. The van der Waals surface area contributed by atoms with E-state index >= 15 is 0 Å². The molecule has 21 heavy (non-hydrogen) atoms. The van der Waals surface area contributed by atoms with Crippen LogP contribution >= 0.6 is 23.8 Å². The van der Waals surface area contributed by atoms with Crippen LogP contribution in [0.15, 0.2) is 24.3 Å². The second kappa shape index (κ2) is 8.97. The summed E-state index contributed by atoms with van der Waals surface area (Å²) in [4.78, 5) is 14.6. The lowest BCUT2D eigenvalue weighted by molar-refractivity contribution is -0.117. The first-order valence-corrected chi connectivity index (χ1v) is 7.71. The Morgan fingerprint density at radius 3 is 2.52 bits per heavy atom. The Kier molecular flexibility index (Phi) is 7.64. The number of carbonyl (C=O) groups is 1. The topological polar surface area (TPSA) is 58.4 Å². The van der Waals surface area contributed by atoms with Gasteiger partial charge < -0.3 is 11.1 Å². The fraction of sp³-hybridized carbons (Fsp3) is 0.467. The number of thiocarbonyl (C=S) groups is 1. The third-order valence-corrected chi connectivity index (χ3v) is 3.25. The molecule has 4 nitrogen and oxygen atoms in total. The fourth-order valence-corrected chi connectivity index (χ4v) is 2.17. The van der Waals surface area contributed by atoms with Gasteiger partial charge in [0.05, 0.1) is 11.5 Å². The number of halogens is 1. The molecule has 0 bridgehead atoms. The van der Waals surface area contributed by atoms with Gasteiger partial charge in [-0.3, -0.25) is 9.69 Å². The van der Waals surface area contributed by atoms with Gasteiger partial charge in [-0.05, 0) is 30.2 Å². The molecule has 0 aliphatic rings. The van der Waals surface area contributed by atoms with Crippen molar-refractivity contribution < 1.29 is 4.79 Å². The molecule has 0 spiro atoms. The van der Waals surface area contributed by atoms with E-state index in [9.17, 15) is 4.79 Å². The first kappa shape index (κ1) is 17.9. The maximum Gasteiger partial charge on any atom is 0.238 e. The van der Waals surface area contributed by atoms with E-state index in [-0.39, 0.29) is 5.91 Å². The Morgan fingerprint density at radius 2 is 2.00 bits per heavy atom. The lowest BCUT2D eigenvalue weighted by atomic mass is 10.2. The summed E-state index contributed by atoms with van der Waals surface area (Å²) in [7, 11) is 0. The predicted octanol–water partition coefficient (Wildman–Crippen LogP) is 2.91. The normalized spacial score (nSPS) is 10.9. The Hall–Kier alpha value is -1.17. The number of nitrogens with zero attached hydrogens (tertiary/aromatic N) is 1. The number of benzene rings is 1. The Morgan fingerprint density at radius 1 is 1.38 bits per heavy atom. The molecule has 1 amide bonds. The summed E-state index contributed by atoms with van der Waals surface area (Å²) in [5.41, 5.74) is 6.27. The molecular weight excluding hydrogens is 306 g/mol. The van der Waals surface area contributed by atoms with Crippen molar-refractivity contribution in [2.45, 2.75) is 20.3 Å². The number of amides is 1. The van der Waals surface area contributed by atoms with Gasteiger partial charge in [-0.15, -0.1) is 0 Å². The van der Waals surface area contributed by atoms with E-state index in [1.54, 1.807) is 24.3 Å². The van der Waals surface area contributed by atoms with Gasteiger partial charge in [-0.25, -0.2) is 0 Å². The van der Waals surface area contributed by atoms with Gasteiger partial charge in [0.25, 0.3) is 0 Å². The van der Waals surface area contributed by atoms with Crippen LogP contribution < -0.4 is 11.1 Å². The highest BCUT2D eigenvalue weighted by molar-refractivity contribution is 7.80. The first-order valence-electron chi connectivity index (χ1n) is 6.93. The maximum atomic E-state index is 12.1. The van der Waals surface area contributed by atoms with E-state index in [4.69, 9.17) is 29.6 Å². The van der Waals surface area contributed by atoms with E-state index in [0.29, 0.717) is 35.4 Å². The average molecular weight is 328 g/mol. The minimum absolute atomic E-state index is 0.0547. The molecule has 0 radical (unpaired) electrons. The van der Waals surface area contributed by atoms with Crippen LogP contribution in [0.2, 0.25) is 5.02 Å². The number of hydrogen-bond acceptors (Lipinski definition) is 3. The second-order valence-electron chi connectivity index (χ2n) is 5.40. The molecule has 0 heterocycles. The standard InChI is InChI=1S/C15H22ClN3OS/c1-11(2)9-19(8-7-14(17)21)10-15(20)18-13-5-3-12(16)4-6-13/h3-6,11H,7-10H2,1-2H3,(H2,17,21)(H,18,20). The van der Waals surface area contributed by atoms with Gasteiger partial charge in [-0.1, -0.05) is 37.7 Å². The second-order valence-corrected chi connectivity index (χ2v) is 6.36. The summed E-state index contributed by atoms with van der Waals surface area (Å²) in [5.74, 6) is 0.417. The van der Waals surface area contributed by atoms with Crippen LogP contribution in [0.4, 0.5) is 5.69 Å². The number of rotatable bonds is 8. The molecular formula is C15H22ClN3OS.